The van der Waals surface area contributed by atoms with Gasteiger partial charge in [-0.05, 0) is 12.0 Å². The Balaban J connectivity index is 3.16. The van der Waals surface area contributed by atoms with Crippen molar-refractivity contribution in [2.75, 3.05) is 0 Å². The maximum absolute atomic E-state index is 10.7. The zero-order valence-electron chi connectivity index (χ0n) is 8.19. The van der Waals surface area contributed by atoms with Crippen LogP contribution in [0.3, 0.4) is 0 Å². The van der Waals surface area contributed by atoms with E-state index in [1.807, 2.05) is 13.0 Å². The largest absolute Gasteiger partial charge is 0.273 e. The van der Waals surface area contributed by atoms with Crippen LogP contribution in [0.2, 0.25) is 0 Å². The van der Waals surface area contributed by atoms with Gasteiger partial charge in [0.25, 0.3) is 5.69 Å². The van der Waals surface area contributed by atoms with Crippen LogP contribution in [-0.4, -0.2) is 4.92 Å². The third kappa shape index (κ3) is 2.19. The molecule has 1 aromatic rings. The lowest BCUT2D eigenvalue weighted by atomic mass is 10.1. The molecule has 0 spiro atoms. The molecule has 1 rings (SSSR count). The van der Waals surface area contributed by atoms with Crippen molar-refractivity contribution < 1.29 is 4.92 Å². The van der Waals surface area contributed by atoms with Gasteiger partial charge in [-0.3, -0.25) is 10.1 Å². The van der Waals surface area contributed by atoms with E-state index in [0.29, 0.717) is 0 Å². The average molecular weight is 191 g/mol. The molecule has 3 nitrogen and oxygen atoms in total. The summed E-state index contributed by atoms with van der Waals surface area (Å²) in [5, 5.41) is 10.7. The number of hydrogen-bond acceptors (Lipinski definition) is 2. The van der Waals surface area contributed by atoms with Crippen LogP contribution in [0.15, 0.2) is 24.8 Å². The number of hydrogen-bond donors (Lipinski definition) is 0. The molecule has 0 aromatic heterocycles. The van der Waals surface area contributed by atoms with E-state index in [4.69, 9.17) is 0 Å². The van der Waals surface area contributed by atoms with Crippen molar-refractivity contribution in [2.45, 2.75) is 19.8 Å². The normalized spacial score (nSPS) is 9.79. The summed E-state index contributed by atoms with van der Waals surface area (Å²) >= 11 is 0. The Hall–Kier alpha value is -1.64. The molecule has 74 valence electrons. The first-order valence-electron chi connectivity index (χ1n) is 4.58. The molecule has 0 N–H and O–H groups in total. The van der Waals surface area contributed by atoms with Gasteiger partial charge in [0.05, 0.1) is 4.92 Å². The van der Waals surface area contributed by atoms with E-state index in [0.717, 1.165) is 24.0 Å². The second-order valence-corrected chi connectivity index (χ2v) is 3.10. The van der Waals surface area contributed by atoms with E-state index >= 15 is 0 Å². The second-order valence-electron chi connectivity index (χ2n) is 3.10. The summed E-state index contributed by atoms with van der Waals surface area (Å²) in [6.07, 6.45) is 3.27. The highest BCUT2D eigenvalue weighted by atomic mass is 16.6. The van der Waals surface area contributed by atoms with Crippen molar-refractivity contribution in [2.24, 2.45) is 0 Å². The van der Waals surface area contributed by atoms with Gasteiger partial charge in [0.2, 0.25) is 0 Å². The predicted molar refractivity (Wildman–Crippen MR) is 57.2 cm³/mol. The minimum Gasteiger partial charge on any atom is -0.258 e. The summed E-state index contributed by atoms with van der Waals surface area (Å²) in [4.78, 5) is 10.4. The standard InChI is InChI=1S/C11H13NO2/c1-3-5-10-7-6-9(4-2)8-11(10)12(13)14/h4,6-8H,2-3,5H2,1H3. The van der Waals surface area contributed by atoms with Crippen molar-refractivity contribution in [3.63, 3.8) is 0 Å². The summed E-state index contributed by atoms with van der Waals surface area (Å²) in [5.41, 5.74) is 1.78. The quantitative estimate of drug-likeness (QED) is 0.541. The summed E-state index contributed by atoms with van der Waals surface area (Å²) < 4.78 is 0. The summed E-state index contributed by atoms with van der Waals surface area (Å²) in [7, 11) is 0. The smallest absolute Gasteiger partial charge is 0.258 e. The van der Waals surface area contributed by atoms with E-state index in [1.54, 1.807) is 18.2 Å². The summed E-state index contributed by atoms with van der Waals surface area (Å²) in [6, 6.07) is 5.22. The SMILES string of the molecule is C=Cc1ccc(CCC)c([N+](=O)[O-])c1. The van der Waals surface area contributed by atoms with Gasteiger partial charge in [-0.15, -0.1) is 0 Å². The molecule has 0 unspecified atom stereocenters. The molecule has 3 heteroatoms. The Kier molecular flexibility index (Phi) is 3.40. The summed E-state index contributed by atoms with van der Waals surface area (Å²) in [5.74, 6) is 0. The van der Waals surface area contributed by atoms with Crippen LogP contribution in [0.5, 0.6) is 0 Å². The molecule has 0 bridgehead atoms. The zero-order valence-corrected chi connectivity index (χ0v) is 8.19. The molecule has 0 aliphatic rings. The third-order valence-electron chi connectivity index (χ3n) is 2.06. The van der Waals surface area contributed by atoms with Crippen LogP contribution in [-0.2, 0) is 6.42 Å². The highest BCUT2D eigenvalue weighted by Crippen LogP contribution is 2.22. The van der Waals surface area contributed by atoms with Gasteiger partial charge in [-0.25, -0.2) is 0 Å². The molecule has 0 aliphatic carbocycles. The van der Waals surface area contributed by atoms with Crippen molar-refractivity contribution in [1.82, 2.24) is 0 Å². The number of nitro benzene ring substituents is 1. The molecule has 14 heavy (non-hydrogen) atoms. The lowest BCUT2D eigenvalue weighted by Crippen LogP contribution is -1.95. The monoisotopic (exact) mass is 191 g/mol. The molecular formula is C11H13NO2. The average Bonchev–Trinajstić information content (AvgIpc) is 2.18. The van der Waals surface area contributed by atoms with Gasteiger partial charge in [0.15, 0.2) is 0 Å². The van der Waals surface area contributed by atoms with Crippen molar-refractivity contribution in [3.8, 4) is 0 Å². The predicted octanol–water partition coefficient (Wildman–Crippen LogP) is 3.19. The molecule has 0 heterocycles. The van der Waals surface area contributed by atoms with Gasteiger partial charge in [-0.1, -0.05) is 38.1 Å². The maximum Gasteiger partial charge on any atom is 0.273 e. The molecule has 1 aromatic carbocycles. The fraction of sp³-hybridized carbons (Fsp3) is 0.273. The highest BCUT2D eigenvalue weighted by Gasteiger charge is 2.12. The van der Waals surface area contributed by atoms with Crippen LogP contribution >= 0.6 is 0 Å². The van der Waals surface area contributed by atoms with Gasteiger partial charge in [0.1, 0.15) is 0 Å². The molecule has 0 aliphatic heterocycles. The van der Waals surface area contributed by atoms with Crippen LogP contribution in [0.4, 0.5) is 5.69 Å². The highest BCUT2D eigenvalue weighted by molar-refractivity contribution is 5.54. The maximum atomic E-state index is 10.7. The first-order valence-corrected chi connectivity index (χ1v) is 4.58. The first-order chi connectivity index (χ1) is 6.69. The van der Waals surface area contributed by atoms with Crippen molar-refractivity contribution in [1.29, 1.82) is 0 Å². The van der Waals surface area contributed by atoms with Gasteiger partial charge in [0, 0.05) is 11.6 Å². The third-order valence-corrected chi connectivity index (χ3v) is 2.06. The Morgan fingerprint density at radius 3 is 2.79 bits per heavy atom. The van der Waals surface area contributed by atoms with E-state index in [9.17, 15) is 10.1 Å². The molecule has 0 saturated carbocycles. The minimum absolute atomic E-state index is 0.198. The Morgan fingerprint density at radius 2 is 2.29 bits per heavy atom. The van der Waals surface area contributed by atoms with Crippen molar-refractivity contribution >= 4 is 11.8 Å². The molecule has 0 fully saturated rings. The minimum atomic E-state index is -0.335. The molecule has 0 atom stereocenters. The lowest BCUT2D eigenvalue weighted by molar-refractivity contribution is -0.385. The van der Waals surface area contributed by atoms with E-state index in [-0.39, 0.29) is 10.6 Å². The van der Waals surface area contributed by atoms with Crippen LogP contribution in [0, 0.1) is 10.1 Å². The van der Waals surface area contributed by atoms with Crippen LogP contribution in [0.25, 0.3) is 6.08 Å². The second kappa shape index (κ2) is 4.56. The number of nitro groups is 1. The van der Waals surface area contributed by atoms with Gasteiger partial charge >= 0.3 is 0 Å². The van der Waals surface area contributed by atoms with Gasteiger partial charge < -0.3 is 0 Å². The summed E-state index contributed by atoms with van der Waals surface area (Å²) in [6.45, 7) is 5.59. The topological polar surface area (TPSA) is 43.1 Å². The molecule has 0 radical (unpaired) electrons. The Labute approximate surface area is 83.2 Å². The fourth-order valence-corrected chi connectivity index (χ4v) is 1.36. The fourth-order valence-electron chi connectivity index (χ4n) is 1.36. The van der Waals surface area contributed by atoms with Gasteiger partial charge in [-0.2, -0.15) is 0 Å². The van der Waals surface area contributed by atoms with E-state index in [1.165, 1.54) is 0 Å². The first kappa shape index (κ1) is 10.4. The van der Waals surface area contributed by atoms with E-state index in [2.05, 4.69) is 6.58 Å². The number of benzene rings is 1. The zero-order chi connectivity index (χ0) is 10.6. The molecule has 0 saturated heterocycles. The Morgan fingerprint density at radius 1 is 1.57 bits per heavy atom. The van der Waals surface area contributed by atoms with Crippen LogP contribution < -0.4 is 0 Å². The number of aryl methyl sites for hydroxylation is 1. The van der Waals surface area contributed by atoms with Crippen molar-refractivity contribution in [3.05, 3.63) is 46.0 Å². The van der Waals surface area contributed by atoms with Crippen LogP contribution in [0.1, 0.15) is 24.5 Å². The molecule has 0 amide bonds. The van der Waals surface area contributed by atoms with E-state index < -0.39 is 0 Å². The Bertz CT molecular complexity index is 358. The number of nitrogens with zero attached hydrogens (tertiary/aromatic N) is 1. The number of rotatable bonds is 4. The lowest BCUT2D eigenvalue weighted by Gasteiger charge is -2.01. The molecular weight excluding hydrogens is 178 g/mol.